The van der Waals surface area contributed by atoms with E-state index in [2.05, 4.69) is 5.32 Å². The van der Waals surface area contributed by atoms with Crippen LogP contribution in [0.2, 0.25) is 5.02 Å². The molecule has 0 atom stereocenters. The number of aliphatic hydroxyl groups is 1. The fourth-order valence-electron chi connectivity index (χ4n) is 1.55. The lowest BCUT2D eigenvalue weighted by Crippen LogP contribution is -1.99. The van der Waals surface area contributed by atoms with Gasteiger partial charge in [0.05, 0.1) is 11.5 Å². The number of anilines is 1. The van der Waals surface area contributed by atoms with E-state index < -0.39 is 4.92 Å². The van der Waals surface area contributed by atoms with E-state index in [1.54, 1.807) is 18.2 Å². The van der Waals surface area contributed by atoms with E-state index in [9.17, 15) is 10.1 Å². The van der Waals surface area contributed by atoms with E-state index in [4.69, 9.17) is 21.1 Å². The molecule has 0 fully saturated rings. The zero-order valence-corrected chi connectivity index (χ0v) is 10.6. The second kappa shape index (κ2) is 5.73. The third kappa shape index (κ3) is 3.24. The molecular weight excluding hydrogens is 272 g/mol. The maximum atomic E-state index is 10.7. The highest BCUT2D eigenvalue weighted by Crippen LogP contribution is 2.27. The van der Waals surface area contributed by atoms with Gasteiger partial charge in [0.15, 0.2) is 0 Å². The van der Waals surface area contributed by atoms with Crippen LogP contribution in [0.1, 0.15) is 11.5 Å². The van der Waals surface area contributed by atoms with Gasteiger partial charge in [0.1, 0.15) is 23.2 Å². The highest BCUT2D eigenvalue weighted by Gasteiger charge is 2.12. The van der Waals surface area contributed by atoms with Gasteiger partial charge in [-0.2, -0.15) is 0 Å². The first-order valence-electron chi connectivity index (χ1n) is 5.46. The summed E-state index contributed by atoms with van der Waals surface area (Å²) in [6.45, 7) is 0.200. The third-order valence-electron chi connectivity index (χ3n) is 2.48. The van der Waals surface area contributed by atoms with Crippen molar-refractivity contribution in [2.45, 2.75) is 13.2 Å². The molecule has 1 aromatic carbocycles. The van der Waals surface area contributed by atoms with Crippen molar-refractivity contribution in [1.29, 1.82) is 0 Å². The molecule has 0 saturated heterocycles. The molecule has 0 radical (unpaired) electrons. The number of furan rings is 1. The monoisotopic (exact) mass is 282 g/mol. The van der Waals surface area contributed by atoms with Crippen LogP contribution in [0.25, 0.3) is 0 Å². The van der Waals surface area contributed by atoms with Crippen LogP contribution in [-0.2, 0) is 13.2 Å². The van der Waals surface area contributed by atoms with E-state index in [1.165, 1.54) is 12.1 Å². The Labute approximate surface area is 113 Å². The molecule has 0 unspecified atom stereocenters. The first-order valence-corrected chi connectivity index (χ1v) is 5.84. The fourth-order valence-corrected chi connectivity index (χ4v) is 1.74. The van der Waals surface area contributed by atoms with Crippen LogP contribution in [0.4, 0.5) is 11.4 Å². The molecule has 0 aliphatic rings. The molecule has 100 valence electrons. The summed E-state index contributed by atoms with van der Waals surface area (Å²) in [5.74, 6) is 1.10. The molecule has 0 saturated carbocycles. The average Bonchev–Trinajstić information content (AvgIpc) is 2.85. The van der Waals surface area contributed by atoms with Gasteiger partial charge in [-0.3, -0.25) is 10.1 Å². The van der Waals surface area contributed by atoms with Gasteiger partial charge < -0.3 is 14.8 Å². The van der Waals surface area contributed by atoms with Crippen LogP contribution in [0.15, 0.2) is 34.7 Å². The first kappa shape index (κ1) is 13.4. The Morgan fingerprint density at radius 3 is 2.68 bits per heavy atom. The second-order valence-corrected chi connectivity index (χ2v) is 4.21. The van der Waals surface area contributed by atoms with Gasteiger partial charge in [-0.1, -0.05) is 11.6 Å². The Morgan fingerprint density at radius 2 is 2.05 bits per heavy atom. The summed E-state index contributed by atoms with van der Waals surface area (Å²) in [5, 5.41) is 22.7. The van der Waals surface area contributed by atoms with Gasteiger partial charge >= 0.3 is 0 Å². The summed E-state index contributed by atoms with van der Waals surface area (Å²) >= 11 is 5.71. The van der Waals surface area contributed by atoms with Crippen LogP contribution in [0, 0.1) is 10.1 Å². The van der Waals surface area contributed by atoms with E-state index >= 15 is 0 Å². The summed E-state index contributed by atoms with van der Waals surface area (Å²) in [6.07, 6.45) is 0. The minimum atomic E-state index is -0.537. The first-order chi connectivity index (χ1) is 9.10. The van der Waals surface area contributed by atoms with Crippen molar-refractivity contribution in [2.24, 2.45) is 0 Å². The molecule has 0 aliphatic carbocycles. The van der Waals surface area contributed by atoms with Crippen molar-refractivity contribution < 1.29 is 14.4 Å². The highest BCUT2D eigenvalue weighted by atomic mass is 35.5. The Hall–Kier alpha value is -2.05. The lowest BCUT2D eigenvalue weighted by Gasteiger charge is -2.05. The lowest BCUT2D eigenvalue weighted by atomic mass is 10.2. The SMILES string of the molecule is O=[N+]([O-])c1cc(NCc2ccc(CO)o2)ccc1Cl. The van der Waals surface area contributed by atoms with E-state index in [0.29, 0.717) is 23.8 Å². The third-order valence-corrected chi connectivity index (χ3v) is 2.80. The van der Waals surface area contributed by atoms with Crippen molar-refractivity contribution in [1.82, 2.24) is 0 Å². The molecule has 0 bridgehead atoms. The van der Waals surface area contributed by atoms with Crippen LogP contribution in [0.3, 0.4) is 0 Å². The standard InChI is InChI=1S/C12H11ClN2O4/c13-11-4-1-8(5-12(11)15(17)18)14-6-9-2-3-10(7-16)19-9/h1-5,14,16H,6-7H2. The summed E-state index contributed by atoms with van der Waals surface area (Å²) < 4.78 is 5.28. The molecular formula is C12H11ClN2O4. The van der Waals surface area contributed by atoms with Gasteiger partial charge in [-0.25, -0.2) is 0 Å². The summed E-state index contributed by atoms with van der Waals surface area (Å²) in [7, 11) is 0. The van der Waals surface area contributed by atoms with Gasteiger partial charge in [-0.15, -0.1) is 0 Å². The van der Waals surface area contributed by atoms with Gasteiger partial charge in [-0.05, 0) is 24.3 Å². The number of benzene rings is 1. The Bertz CT molecular complexity index is 597. The van der Waals surface area contributed by atoms with Crippen molar-refractivity contribution in [2.75, 3.05) is 5.32 Å². The summed E-state index contributed by atoms with van der Waals surface area (Å²) in [5.41, 5.74) is 0.417. The van der Waals surface area contributed by atoms with Crippen molar-refractivity contribution in [3.8, 4) is 0 Å². The fraction of sp³-hybridized carbons (Fsp3) is 0.167. The normalized spacial score (nSPS) is 10.4. The number of nitrogens with one attached hydrogen (secondary N) is 1. The van der Waals surface area contributed by atoms with Gasteiger partial charge in [0.2, 0.25) is 0 Å². The Balaban J connectivity index is 2.07. The maximum absolute atomic E-state index is 10.7. The van der Waals surface area contributed by atoms with Gasteiger partial charge in [0, 0.05) is 11.8 Å². The average molecular weight is 283 g/mol. The van der Waals surface area contributed by atoms with Crippen molar-refractivity contribution in [3.05, 3.63) is 57.0 Å². The topological polar surface area (TPSA) is 88.5 Å². The summed E-state index contributed by atoms with van der Waals surface area (Å²) in [6, 6.07) is 7.86. The number of nitro benzene ring substituents is 1. The largest absolute Gasteiger partial charge is 0.462 e. The maximum Gasteiger partial charge on any atom is 0.289 e. The molecule has 2 N–H and O–H groups in total. The molecule has 2 rings (SSSR count). The number of nitrogens with zero attached hydrogens (tertiary/aromatic N) is 1. The number of rotatable bonds is 5. The van der Waals surface area contributed by atoms with Gasteiger partial charge in [0.25, 0.3) is 5.69 Å². The molecule has 1 aromatic heterocycles. The smallest absolute Gasteiger partial charge is 0.289 e. The van der Waals surface area contributed by atoms with Crippen LogP contribution < -0.4 is 5.32 Å². The molecule has 1 heterocycles. The predicted octanol–water partition coefficient (Wildman–Crippen LogP) is 2.95. The molecule has 0 amide bonds. The zero-order valence-electron chi connectivity index (χ0n) is 9.80. The lowest BCUT2D eigenvalue weighted by molar-refractivity contribution is -0.384. The van der Waals surface area contributed by atoms with E-state index in [-0.39, 0.29) is 17.3 Å². The molecule has 0 aliphatic heterocycles. The predicted molar refractivity (Wildman–Crippen MR) is 70.1 cm³/mol. The number of hydrogen-bond acceptors (Lipinski definition) is 5. The molecule has 19 heavy (non-hydrogen) atoms. The molecule has 7 heteroatoms. The second-order valence-electron chi connectivity index (χ2n) is 3.80. The van der Waals surface area contributed by atoms with Crippen LogP contribution in [-0.4, -0.2) is 10.0 Å². The molecule has 2 aromatic rings. The minimum Gasteiger partial charge on any atom is -0.462 e. The van der Waals surface area contributed by atoms with Crippen molar-refractivity contribution >= 4 is 23.0 Å². The number of aliphatic hydroxyl groups excluding tert-OH is 1. The Kier molecular flexibility index (Phi) is 4.03. The Morgan fingerprint density at radius 1 is 1.32 bits per heavy atom. The van der Waals surface area contributed by atoms with Crippen LogP contribution >= 0.6 is 11.6 Å². The number of nitro groups is 1. The molecule has 6 nitrogen and oxygen atoms in total. The van der Waals surface area contributed by atoms with E-state index in [0.717, 1.165) is 0 Å². The summed E-state index contributed by atoms with van der Waals surface area (Å²) in [4.78, 5) is 10.2. The van der Waals surface area contributed by atoms with Crippen LogP contribution in [0.5, 0.6) is 0 Å². The highest BCUT2D eigenvalue weighted by molar-refractivity contribution is 6.32. The quantitative estimate of drug-likeness (QED) is 0.650. The zero-order chi connectivity index (χ0) is 13.8. The minimum absolute atomic E-state index is 0.0936. The molecule has 0 spiro atoms. The number of halogens is 1. The van der Waals surface area contributed by atoms with E-state index in [1.807, 2.05) is 0 Å². The number of hydrogen-bond donors (Lipinski definition) is 2. The van der Waals surface area contributed by atoms with Crippen molar-refractivity contribution in [3.63, 3.8) is 0 Å².